The van der Waals surface area contributed by atoms with Crippen LogP contribution in [-0.2, 0) is 9.59 Å². The molecule has 1 aromatic heterocycles. The lowest BCUT2D eigenvalue weighted by Gasteiger charge is -2.15. The van der Waals surface area contributed by atoms with E-state index in [4.69, 9.17) is 12.2 Å². The molecule has 1 atom stereocenters. The number of hydrogen-bond acceptors (Lipinski definition) is 5. The van der Waals surface area contributed by atoms with Gasteiger partial charge in [0.15, 0.2) is 4.77 Å². The van der Waals surface area contributed by atoms with E-state index in [0.29, 0.717) is 11.5 Å². The van der Waals surface area contributed by atoms with Crippen LogP contribution in [0, 0.1) is 4.77 Å². The first kappa shape index (κ1) is 14.2. The first-order valence-electron chi connectivity index (χ1n) is 6.56. The van der Waals surface area contributed by atoms with Crippen LogP contribution in [0.2, 0.25) is 0 Å². The van der Waals surface area contributed by atoms with Gasteiger partial charge in [-0.15, -0.1) is 0 Å². The van der Waals surface area contributed by atoms with Gasteiger partial charge in [0.05, 0.1) is 12.1 Å². The van der Waals surface area contributed by atoms with Crippen molar-refractivity contribution in [3.63, 3.8) is 0 Å². The van der Waals surface area contributed by atoms with Crippen LogP contribution >= 0.6 is 12.2 Å². The smallest absolute Gasteiger partial charge is 0.256 e. The number of aromatic nitrogens is 2. The third-order valence-electron chi connectivity index (χ3n) is 3.25. The van der Waals surface area contributed by atoms with Crippen molar-refractivity contribution in [2.75, 3.05) is 10.2 Å². The molecule has 0 saturated carbocycles. The molecule has 7 nitrogen and oxygen atoms in total. The standard InChI is InChI=1S/C14H12N4O3S/c19-11-7-10(16-14(22)17-11)15-9-6-12(20)18(13(9)21)8-4-2-1-3-5-8/h1-5,7,9H,6H2,(H3,15,16,17,19,22). The second kappa shape index (κ2) is 5.57. The SMILES string of the molecule is O=C1CC(Nc2cc(=O)[nH]c(=S)[nH]2)C(=O)N1c1ccccc1. The van der Waals surface area contributed by atoms with E-state index in [9.17, 15) is 14.4 Å². The van der Waals surface area contributed by atoms with Gasteiger partial charge in [-0.2, -0.15) is 0 Å². The molecular formula is C14H12N4O3S. The summed E-state index contributed by atoms with van der Waals surface area (Å²) in [6.45, 7) is 0. The van der Waals surface area contributed by atoms with Gasteiger partial charge in [-0.1, -0.05) is 18.2 Å². The Morgan fingerprint density at radius 3 is 2.55 bits per heavy atom. The second-order valence-corrected chi connectivity index (χ2v) is 5.21. The lowest BCUT2D eigenvalue weighted by molar-refractivity contribution is -0.121. The highest BCUT2D eigenvalue weighted by Crippen LogP contribution is 2.23. The largest absolute Gasteiger partial charge is 0.359 e. The molecule has 1 aliphatic heterocycles. The number of carbonyl (C=O) groups is 2. The molecule has 0 spiro atoms. The predicted octanol–water partition coefficient (Wildman–Crippen LogP) is 1.18. The molecule has 2 aromatic rings. The average Bonchev–Trinajstić information content (AvgIpc) is 2.73. The molecule has 0 radical (unpaired) electrons. The third-order valence-corrected chi connectivity index (χ3v) is 3.46. The second-order valence-electron chi connectivity index (χ2n) is 4.81. The quantitative estimate of drug-likeness (QED) is 0.583. The van der Waals surface area contributed by atoms with Gasteiger partial charge in [0.25, 0.3) is 11.5 Å². The van der Waals surface area contributed by atoms with Crippen LogP contribution in [0.5, 0.6) is 0 Å². The zero-order valence-electron chi connectivity index (χ0n) is 11.3. The summed E-state index contributed by atoms with van der Waals surface area (Å²) in [6.07, 6.45) is 0.0150. The zero-order chi connectivity index (χ0) is 15.7. The van der Waals surface area contributed by atoms with Crippen molar-refractivity contribution < 1.29 is 9.59 Å². The molecule has 2 heterocycles. The number of imide groups is 1. The Hall–Kier alpha value is -2.74. The van der Waals surface area contributed by atoms with Crippen molar-refractivity contribution >= 4 is 35.5 Å². The van der Waals surface area contributed by atoms with Gasteiger partial charge >= 0.3 is 0 Å². The van der Waals surface area contributed by atoms with E-state index in [1.165, 1.54) is 6.07 Å². The van der Waals surface area contributed by atoms with Gasteiger partial charge in [0.2, 0.25) is 5.91 Å². The number of hydrogen-bond donors (Lipinski definition) is 3. The molecular weight excluding hydrogens is 304 g/mol. The van der Waals surface area contributed by atoms with Crippen LogP contribution in [0.25, 0.3) is 0 Å². The van der Waals surface area contributed by atoms with E-state index in [0.717, 1.165) is 4.90 Å². The zero-order valence-corrected chi connectivity index (χ0v) is 12.1. The van der Waals surface area contributed by atoms with E-state index in [1.807, 2.05) is 0 Å². The highest BCUT2D eigenvalue weighted by Gasteiger charge is 2.39. The van der Waals surface area contributed by atoms with Crippen LogP contribution in [0.15, 0.2) is 41.2 Å². The van der Waals surface area contributed by atoms with Crippen LogP contribution in [0.3, 0.4) is 0 Å². The van der Waals surface area contributed by atoms with Crippen LogP contribution < -0.4 is 15.8 Å². The van der Waals surface area contributed by atoms with E-state index in [2.05, 4.69) is 15.3 Å². The number of aromatic amines is 2. The van der Waals surface area contributed by atoms with Gasteiger partial charge in [0.1, 0.15) is 11.9 Å². The fraction of sp³-hybridized carbons (Fsp3) is 0.143. The van der Waals surface area contributed by atoms with Gasteiger partial charge in [-0.3, -0.25) is 19.4 Å². The van der Waals surface area contributed by atoms with E-state index in [-0.39, 0.29) is 28.6 Å². The molecule has 22 heavy (non-hydrogen) atoms. The van der Waals surface area contributed by atoms with Gasteiger partial charge in [-0.25, -0.2) is 4.90 Å². The number of rotatable bonds is 3. The Bertz CT molecular complexity index is 815. The molecule has 1 fully saturated rings. The summed E-state index contributed by atoms with van der Waals surface area (Å²) in [7, 11) is 0. The number of anilines is 2. The minimum atomic E-state index is -0.736. The molecule has 0 bridgehead atoms. The number of nitrogens with one attached hydrogen (secondary N) is 3. The average molecular weight is 316 g/mol. The van der Waals surface area contributed by atoms with Gasteiger partial charge < -0.3 is 10.3 Å². The monoisotopic (exact) mass is 316 g/mol. The Balaban J connectivity index is 1.85. The molecule has 112 valence electrons. The van der Waals surface area contributed by atoms with E-state index >= 15 is 0 Å². The number of amides is 2. The molecule has 2 amide bonds. The maximum Gasteiger partial charge on any atom is 0.256 e. The number of para-hydroxylation sites is 1. The fourth-order valence-electron chi connectivity index (χ4n) is 2.33. The Labute approximate surface area is 130 Å². The normalized spacial score (nSPS) is 17.8. The summed E-state index contributed by atoms with van der Waals surface area (Å²) < 4.78 is 0.145. The van der Waals surface area contributed by atoms with Crippen molar-refractivity contribution in [3.8, 4) is 0 Å². The number of H-pyrrole nitrogens is 2. The summed E-state index contributed by atoms with van der Waals surface area (Å²) in [5, 5.41) is 2.85. The van der Waals surface area contributed by atoms with Crippen molar-refractivity contribution in [1.82, 2.24) is 9.97 Å². The summed E-state index contributed by atoms with van der Waals surface area (Å²) in [5.74, 6) is -0.359. The number of carbonyl (C=O) groups excluding carboxylic acids is 2. The third kappa shape index (κ3) is 2.68. The van der Waals surface area contributed by atoms with Crippen molar-refractivity contribution in [2.45, 2.75) is 12.5 Å². The molecule has 1 unspecified atom stereocenters. The first-order valence-corrected chi connectivity index (χ1v) is 6.97. The number of benzene rings is 1. The van der Waals surface area contributed by atoms with Gasteiger partial charge in [-0.05, 0) is 24.4 Å². The molecule has 1 aliphatic rings. The van der Waals surface area contributed by atoms with E-state index < -0.39 is 6.04 Å². The van der Waals surface area contributed by atoms with Gasteiger partial charge in [0, 0.05) is 6.07 Å². The fourth-order valence-corrected chi connectivity index (χ4v) is 2.54. The summed E-state index contributed by atoms with van der Waals surface area (Å²) in [6, 6.07) is 9.21. The Kier molecular flexibility index (Phi) is 3.60. The van der Waals surface area contributed by atoms with Crippen LogP contribution in [-0.4, -0.2) is 27.8 Å². The van der Waals surface area contributed by atoms with E-state index in [1.54, 1.807) is 30.3 Å². The first-order chi connectivity index (χ1) is 10.5. The summed E-state index contributed by atoms with van der Waals surface area (Å²) in [5.41, 5.74) is 0.142. The van der Waals surface area contributed by atoms with Crippen molar-refractivity contribution in [2.24, 2.45) is 0 Å². The number of nitrogens with zero attached hydrogens (tertiary/aromatic N) is 1. The topological polar surface area (TPSA) is 98.1 Å². The minimum Gasteiger partial charge on any atom is -0.359 e. The highest BCUT2D eigenvalue weighted by molar-refractivity contribution is 7.71. The molecule has 8 heteroatoms. The molecule has 0 aliphatic carbocycles. The Morgan fingerprint density at radius 2 is 1.86 bits per heavy atom. The summed E-state index contributed by atoms with van der Waals surface area (Å²) >= 11 is 4.87. The Morgan fingerprint density at radius 1 is 1.14 bits per heavy atom. The minimum absolute atomic E-state index is 0.0150. The maximum absolute atomic E-state index is 12.4. The predicted molar refractivity (Wildman–Crippen MR) is 83.2 cm³/mol. The van der Waals surface area contributed by atoms with Crippen LogP contribution in [0.1, 0.15) is 6.42 Å². The van der Waals surface area contributed by atoms with Crippen molar-refractivity contribution in [1.29, 1.82) is 0 Å². The molecule has 3 rings (SSSR count). The van der Waals surface area contributed by atoms with Crippen LogP contribution in [0.4, 0.5) is 11.5 Å². The van der Waals surface area contributed by atoms with Crippen molar-refractivity contribution in [3.05, 3.63) is 51.5 Å². The molecule has 1 aromatic carbocycles. The molecule has 3 N–H and O–H groups in total. The highest BCUT2D eigenvalue weighted by atomic mass is 32.1. The molecule has 1 saturated heterocycles. The lowest BCUT2D eigenvalue weighted by Crippen LogP contribution is -2.35. The maximum atomic E-state index is 12.4. The summed E-state index contributed by atoms with van der Waals surface area (Å²) in [4.78, 5) is 42.1. The lowest BCUT2D eigenvalue weighted by atomic mass is 10.2.